The molecule has 0 fully saturated rings. The first-order valence-electron chi connectivity index (χ1n) is 8.26. The van der Waals surface area contributed by atoms with Crippen molar-refractivity contribution in [3.63, 3.8) is 0 Å². The van der Waals surface area contributed by atoms with E-state index in [2.05, 4.69) is 10.3 Å². The number of ether oxygens (including phenoxy) is 1. The Bertz CT molecular complexity index is 892. The predicted octanol–water partition coefficient (Wildman–Crippen LogP) is 3.65. The van der Waals surface area contributed by atoms with E-state index in [1.165, 1.54) is 0 Å². The van der Waals surface area contributed by atoms with Gasteiger partial charge in [-0.3, -0.25) is 4.79 Å². The molecule has 26 heavy (non-hydrogen) atoms. The van der Waals surface area contributed by atoms with Gasteiger partial charge in [-0.2, -0.15) is 0 Å². The smallest absolute Gasteiger partial charge is 0.251 e. The molecule has 0 atom stereocenters. The molecule has 0 aliphatic rings. The highest BCUT2D eigenvalue weighted by molar-refractivity contribution is 7.98. The third-order valence-corrected chi connectivity index (χ3v) is 5.10. The number of aryl methyl sites for hydroxylation is 1. The first-order chi connectivity index (χ1) is 12.7. The molecule has 1 aromatic heterocycles. The van der Waals surface area contributed by atoms with Gasteiger partial charge in [0.05, 0.1) is 7.11 Å². The summed E-state index contributed by atoms with van der Waals surface area (Å²) >= 11 is 1.65. The standard InChI is InChI=1S/C20H21N3O2S/c1-23-11-10-21-20(23)26-14-15-6-5-8-16(12-15)19(24)22-13-17-7-3-4-9-18(17)25-2/h3-12H,13-14H2,1-2H3,(H,22,24). The Morgan fingerprint density at radius 3 is 2.85 bits per heavy atom. The largest absolute Gasteiger partial charge is 0.496 e. The fourth-order valence-corrected chi connectivity index (χ4v) is 3.44. The topological polar surface area (TPSA) is 56.1 Å². The fourth-order valence-electron chi connectivity index (χ4n) is 2.57. The number of thioether (sulfide) groups is 1. The Morgan fingerprint density at radius 2 is 2.08 bits per heavy atom. The van der Waals surface area contributed by atoms with Crippen LogP contribution in [0.4, 0.5) is 0 Å². The maximum absolute atomic E-state index is 12.5. The molecule has 1 N–H and O–H groups in total. The summed E-state index contributed by atoms with van der Waals surface area (Å²) in [7, 11) is 3.60. The number of rotatable bonds is 7. The average Bonchev–Trinajstić information content (AvgIpc) is 3.09. The van der Waals surface area contributed by atoms with E-state index < -0.39 is 0 Å². The van der Waals surface area contributed by atoms with Gasteiger partial charge in [0, 0.05) is 42.9 Å². The van der Waals surface area contributed by atoms with Crippen molar-refractivity contribution in [3.05, 3.63) is 77.6 Å². The molecule has 0 aliphatic heterocycles. The third kappa shape index (κ3) is 4.46. The molecular formula is C20H21N3O2S. The van der Waals surface area contributed by atoms with E-state index in [9.17, 15) is 4.79 Å². The van der Waals surface area contributed by atoms with Gasteiger partial charge in [0.15, 0.2) is 5.16 Å². The maximum atomic E-state index is 12.5. The van der Waals surface area contributed by atoms with Crippen LogP contribution in [0.2, 0.25) is 0 Å². The fraction of sp³-hybridized carbons (Fsp3) is 0.200. The van der Waals surface area contributed by atoms with Gasteiger partial charge in [-0.05, 0) is 23.8 Å². The number of imidazole rings is 1. The zero-order valence-corrected chi connectivity index (χ0v) is 15.6. The minimum Gasteiger partial charge on any atom is -0.496 e. The molecule has 0 radical (unpaired) electrons. The second-order valence-corrected chi connectivity index (χ2v) is 6.75. The molecule has 2 aromatic carbocycles. The van der Waals surface area contributed by atoms with Crippen molar-refractivity contribution >= 4 is 17.7 Å². The lowest BCUT2D eigenvalue weighted by Gasteiger charge is -2.10. The first kappa shape index (κ1) is 18.1. The molecule has 3 rings (SSSR count). The van der Waals surface area contributed by atoms with Gasteiger partial charge in [-0.25, -0.2) is 4.98 Å². The molecule has 134 valence electrons. The van der Waals surface area contributed by atoms with E-state index >= 15 is 0 Å². The lowest BCUT2D eigenvalue weighted by Crippen LogP contribution is -2.23. The highest BCUT2D eigenvalue weighted by Gasteiger charge is 2.09. The van der Waals surface area contributed by atoms with Gasteiger partial charge in [0.2, 0.25) is 0 Å². The van der Waals surface area contributed by atoms with Crippen LogP contribution in [0.3, 0.4) is 0 Å². The second kappa shape index (κ2) is 8.58. The Labute approximate surface area is 157 Å². The van der Waals surface area contributed by atoms with Crippen LogP contribution in [-0.4, -0.2) is 22.6 Å². The summed E-state index contributed by atoms with van der Waals surface area (Å²) in [6, 6.07) is 15.3. The Balaban J connectivity index is 1.62. The number of methoxy groups -OCH3 is 1. The number of nitrogens with zero attached hydrogens (tertiary/aromatic N) is 2. The third-order valence-electron chi connectivity index (χ3n) is 3.97. The molecular weight excluding hydrogens is 346 g/mol. The second-order valence-electron chi connectivity index (χ2n) is 5.80. The number of nitrogens with one attached hydrogen (secondary N) is 1. The van der Waals surface area contributed by atoms with E-state index in [1.807, 2.05) is 66.3 Å². The van der Waals surface area contributed by atoms with E-state index in [1.54, 1.807) is 25.1 Å². The van der Waals surface area contributed by atoms with Crippen LogP contribution in [0.15, 0.2) is 66.1 Å². The van der Waals surface area contributed by atoms with Crippen molar-refractivity contribution in [1.29, 1.82) is 0 Å². The van der Waals surface area contributed by atoms with Crippen LogP contribution in [0, 0.1) is 0 Å². The zero-order chi connectivity index (χ0) is 18.4. The van der Waals surface area contributed by atoms with Crippen LogP contribution < -0.4 is 10.1 Å². The summed E-state index contributed by atoms with van der Waals surface area (Å²) < 4.78 is 7.30. The first-order valence-corrected chi connectivity index (χ1v) is 9.25. The number of hydrogen-bond acceptors (Lipinski definition) is 4. The SMILES string of the molecule is COc1ccccc1CNC(=O)c1cccc(CSc2nccn2C)c1. The van der Waals surface area contributed by atoms with Gasteiger partial charge in [0.1, 0.15) is 5.75 Å². The van der Waals surface area contributed by atoms with Crippen molar-refractivity contribution in [2.24, 2.45) is 7.05 Å². The van der Waals surface area contributed by atoms with Gasteiger partial charge < -0.3 is 14.6 Å². The van der Waals surface area contributed by atoms with Crippen LogP contribution in [-0.2, 0) is 19.3 Å². The van der Waals surface area contributed by atoms with Gasteiger partial charge in [-0.15, -0.1) is 0 Å². The normalized spacial score (nSPS) is 10.5. The lowest BCUT2D eigenvalue weighted by atomic mass is 10.1. The molecule has 0 saturated heterocycles. The average molecular weight is 367 g/mol. The zero-order valence-electron chi connectivity index (χ0n) is 14.8. The van der Waals surface area contributed by atoms with Crippen LogP contribution >= 0.6 is 11.8 Å². The summed E-state index contributed by atoms with van der Waals surface area (Å²) in [6.07, 6.45) is 3.70. The molecule has 1 heterocycles. The quantitative estimate of drug-likeness (QED) is 0.648. The monoisotopic (exact) mass is 367 g/mol. The predicted molar refractivity (Wildman–Crippen MR) is 103 cm³/mol. The van der Waals surface area contributed by atoms with E-state index in [4.69, 9.17) is 4.74 Å². The molecule has 5 nitrogen and oxygen atoms in total. The molecule has 0 unspecified atom stereocenters. The summed E-state index contributed by atoms with van der Waals surface area (Å²) in [6.45, 7) is 0.426. The Morgan fingerprint density at radius 1 is 1.23 bits per heavy atom. The minimum atomic E-state index is -0.0975. The Kier molecular flexibility index (Phi) is 5.96. The molecule has 6 heteroatoms. The molecule has 1 amide bonds. The van der Waals surface area contributed by atoms with Crippen LogP contribution in [0.1, 0.15) is 21.5 Å². The van der Waals surface area contributed by atoms with Crippen molar-refractivity contribution in [1.82, 2.24) is 14.9 Å². The minimum absolute atomic E-state index is 0.0975. The highest BCUT2D eigenvalue weighted by atomic mass is 32.2. The van der Waals surface area contributed by atoms with Crippen molar-refractivity contribution in [2.75, 3.05) is 7.11 Å². The van der Waals surface area contributed by atoms with E-state index in [0.717, 1.165) is 27.8 Å². The number of carbonyl (C=O) groups is 1. The highest BCUT2D eigenvalue weighted by Crippen LogP contribution is 2.21. The van der Waals surface area contributed by atoms with Gasteiger partial charge >= 0.3 is 0 Å². The van der Waals surface area contributed by atoms with E-state index in [0.29, 0.717) is 12.1 Å². The lowest BCUT2D eigenvalue weighted by molar-refractivity contribution is 0.0950. The molecule has 0 spiro atoms. The van der Waals surface area contributed by atoms with Crippen LogP contribution in [0.5, 0.6) is 5.75 Å². The van der Waals surface area contributed by atoms with Crippen molar-refractivity contribution < 1.29 is 9.53 Å². The van der Waals surface area contributed by atoms with Gasteiger partial charge in [0.25, 0.3) is 5.91 Å². The van der Waals surface area contributed by atoms with Crippen molar-refractivity contribution in [2.45, 2.75) is 17.5 Å². The number of hydrogen-bond donors (Lipinski definition) is 1. The summed E-state index contributed by atoms with van der Waals surface area (Å²) in [5, 5.41) is 3.91. The number of benzene rings is 2. The molecule has 3 aromatic rings. The number of amides is 1. The molecule has 0 aliphatic carbocycles. The summed E-state index contributed by atoms with van der Waals surface area (Å²) in [5.74, 6) is 1.44. The Hall–Kier alpha value is -2.73. The van der Waals surface area contributed by atoms with Crippen LogP contribution in [0.25, 0.3) is 0 Å². The maximum Gasteiger partial charge on any atom is 0.251 e. The van der Waals surface area contributed by atoms with E-state index in [-0.39, 0.29) is 5.91 Å². The number of para-hydroxylation sites is 1. The van der Waals surface area contributed by atoms with Gasteiger partial charge in [-0.1, -0.05) is 42.1 Å². The summed E-state index contributed by atoms with van der Waals surface area (Å²) in [4.78, 5) is 16.8. The van der Waals surface area contributed by atoms with Crippen molar-refractivity contribution in [3.8, 4) is 5.75 Å². The molecule has 0 saturated carbocycles. The summed E-state index contributed by atoms with van der Waals surface area (Å²) in [5.41, 5.74) is 2.69. The number of carbonyl (C=O) groups excluding carboxylic acids is 1. The molecule has 0 bridgehead atoms. The number of aromatic nitrogens is 2.